The Kier molecular flexibility index (Phi) is 8.46. The van der Waals surface area contributed by atoms with Crippen LogP contribution in [-0.4, -0.2) is 12.7 Å². The van der Waals surface area contributed by atoms with E-state index < -0.39 is 0 Å². The molecule has 2 atom stereocenters. The van der Waals surface area contributed by atoms with Crippen LogP contribution in [0.25, 0.3) is 0 Å². The van der Waals surface area contributed by atoms with Gasteiger partial charge in [-0.25, -0.2) is 0 Å². The van der Waals surface area contributed by atoms with E-state index in [9.17, 15) is 0 Å². The molecule has 0 aliphatic rings. The zero-order valence-corrected chi connectivity index (χ0v) is 9.47. The molecule has 0 aliphatic carbocycles. The second-order valence-corrected chi connectivity index (χ2v) is 4.05. The number of hydrogen-bond acceptors (Lipinski definition) is 2. The summed E-state index contributed by atoms with van der Waals surface area (Å²) in [6.45, 7) is 7.78. The van der Waals surface area contributed by atoms with Crippen molar-refractivity contribution in [3.63, 3.8) is 0 Å². The van der Waals surface area contributed by atoms with Crippen LogP contribution < -0.4 is 11.1 Å². The van der Waals surface area contributed by atoms with Crippen LogP contribution in [0.15, 0.2) is 0 Å². The fourth-order valence-corrected chi connectivity index (χ4v) is 1.47. The van der Waals surface area contributed by atoms with Gasteiger partial charge in [0.2, 0.25) is 0 Å². The monoisotopic (exact) mass is 186 g/mol. The van der Waals surface area contributed by atoms with Crippen LogP contribution >= 0.6 is 0 Å². The van der Waals surface area contributed by atoms with Gasteiger partial charge < -0.3 is 11.1 Å². The zero-order valence-electron chi connectivity index (χ0n) is 9.47. The molecule has 0 saturated carbocycles. The van der Waals surface area contributed by atoms with E-state index in [1.54, 1.807) is 0 Å². The Balaban J connectivity index is 3.29. The normalized spacial score (nSPS) is 15.7. The summed E-state index contributed by atoms with van der Waals surface area (Å²) in [5.74, 6) is 0.762. The van der Waals surface area contributed by atoms with Crippen LogP contribution in [0.1, 0.15) is 52.9 Å². The van der Waals surface area contributed by atoms with Crippen molar-refractivity contribution in [2.75, 3.05) is 6.54 Å². The first kappa shape index (κ1) is 12.9. The standard InChI is InChI=1S/C11H26N2/c1-4-6-8-11(12)13-9-10(3)7-5-2/h10-11,13H,4-9,12H2,1-3H3. The highest BCUT2D eigenvalue weighted by Crippen LogP contribution is 2.03. The molecule has 0 heterocycles. The third kappa shape index (κ3) is 8.26. The molecule has 2 heteroatoms. The lowest BCUT2D eigenvalue weighted by atomic mass is 10.1. The van der Waals surface area contributed by atoms with E-state index in [-0.39, 0.29) is 6.17 Å². The molecular formula is C11H26N2. The lowest BCUT2D eigenvalue weighted by Crippen LogP contribution is -2.39. The van der Waals surface area contributed by atoms with Gasteiger partial charge in [0.05, 0.1) is 6.17 Å². The lowest BCUT2D eigenvalue weighted by Gasteiger charge is -2.16. The second kappa shape index (κ2) is 8.52. The summed E-state index contributed by atoms with van der Waals surface area (Å²) in [7, 11) is 0. The molecule has 0 saturated heterocycles. The average molecular weight is 186 g/mol. The van der Waals surface area contributed by atoms with Gasteiger partial charge in [-0.15, -0.1) is 0 Å². The topological polar surface area (TPSA) is 38.0 Å². The van der Waals surface area contributed by atoms with E-state index in [0.29, 0.717) is 0 Å². The number of nitrogens with two attached hydrogens (primary N) is 1. The summed E-state index contributed by atoms with van der Waals surface area (Å²) in [6, 6.07) is 0. The molecule has 80 valence electrons. The first-order valence-corrected chi connectivity index (χ1v) is 5.69. The van der Waals surface area contributed by atoms with Crippen LogP contribution in [0.2, 0.25) is 0 Å². The van der Waals surface area contributed by atoms with E-state index in [1.165, 1.54) is 25.7 Å². The van der Waals surface area contributed by atoms with Crippen LogP contribution in [0.3, 0.4) is 0 Å². The summed E-state index contributed by atoms with van der Waals surface area (Å²) in [4.78, 5) is 0. The average Bonchev–Trinajstić information content (AvgIpc) is 2.12. The van der Waals surface area contributed by atoms with Gasteiger partial charge in [0.1, 0.15) is 0 Å². The molecule has 0 fully saturated rings. The van der Waals surface area contributed by atoms with Crippen molar-refractivity contribution < 1.29 is 0 Å². The van der Waals surface area contributed by atoms with Gasteiger partial charge in [-0.3, -0.25) is 0 Å². The highest BCUT2D eigenvalue weighted by Gasteiger charge is 2.04. The highest BCUT2D eigenvalue weighted by atomic mass is 15.0. The van der Waals surface area contributed by atoms with Gasteiger partial charge in [-0.2, -0.15) is 0 Å². The molecule has 2 nitrogen and oxygen atoms in total. The minimum absolute atomic E-state index is 0.208. The summed E-state index contributed by atoms with van der Waals surface area (Å²) in [5.41, 5.74) is 5.89. The van der Waals surface area contributed by atoms with Crippen LogP contribution in [0, 0.1) is 5.92 Å². The predicted molar refractivity (Wildman–Crippen MR) is 59.6 cm³/mol. The van der Waals surface area contributed by atoms with Gasteiger partial charge >= 0.3 is 0 Å². The number of rotatable bonds is 8. The van der Waals surface area contributed by atoms with Crippen molar-refractivity contribution in [2.24, 2.45) is 11.7 Å². The lowest BCUT2D eigenvalue weighted by molar-refractivity contribution is 0.409. The Hall–Kier alpha value is -0.0800. The van der Waals surface area contributed by atoms with E-state index >= 15 is 0 Å². The van der Waals surface area contributed by atoms with Crippen molar-refractivity contribution in [3.05, 3.63) is 0 Å². The van der Waals surface area contributed by atoms with Gasteiger partial charge in [0.15, 0.2) is 0 Å². The number of hydrogen-bond donors (Lipinski definition) is 2. The minimum Gasteiger partial charge on any atom is -0.316 e. The Morgan fingerprint density at radius 1 is 1.15 bits per heavy atom. The quantitative estimate of drug-likeness (QED) is 0.572. The van der Waals surface area contributed by atoms with Crippen molar-refractivity contribution in [1.82, 2.24) is 5.32 Å². The smallest absolute Gasteiger partial charge is 0.0546 e. The number of nitrogens with one attached hydrogen (secondary N) is 1. The summed E-state index contributed by atoms with van der Waals surface area (Å²) in [6.07, 6.45) is 6.35. The maximum atomic E-state index is 5.89. The fraction of sp³-hybridized carbons (Fsp3) is 1.00. The minimum atomic E-state index is 0.208. The molecular weight excluding hydrogens is 160 g/mol. The van der Waals surface area contributed by atoms with Crippen molar-refractivity contribution in [3.8, 4) is 0 Å². The molecule has 13 heavy (non-hydrogen) atoms. The second-order valence-electron chi connectivity index (χ2n) is 4.05. The largest absolute Gasteiger partial charge is 0.316 e. The predicted octanol–water partition coefficient (Wildman–Crippen LogP) is 2.49. The van der Waals surface area contributed by atoms with Gasteiger partial charge in [0.25, 0.3) is 0 Å². The maximum absolute atomic E-state index is 5.89. The van der Waals surface area contributed by atoms with Gasteiger partial charge in [-0.1, -0.05) is 40.0 Å². The fourth-order valence-electron chi connectivity index (χ4n) is 1.47. The zero-order chi connectivity index (χ0) is 10.1. The third-order valence-electron chi connectivity index (χ3n) is 2.38. The molecule has 0 bridgehead atoms. The molecule has 0 amide bonds. The van der Waals surface area contributed by atoms with Gasteiger partial charge in [-0.05, 0) is 25.3 Å². The molecule has 0 rings (SSSR count). The molecule has 0 aromatic heterocycles. The van der Waals surface area contributed by atoms with E-state index in [2.05, 4.69) is 26.1 Å². The first-order valence-electron chi connectivity index (χ1n) is 5.69. The van der Waals surface area contributed by atoms with Crippen LogP contribution in [-0.2, 0) is 0 Å². The summed E-state index contributed by atoms with van der Waals surface area (Å²) < 4.78 is 0. The SMILES string of the molecule is CCCCC(N)NCC(C)CCC. The Morgan fingerprint density at radius 3 is 2.38 bits per heavy atom. The first-order chi connectivity index (χ1) is 6.20. The molecule has 0 spiro atoms. The highest BCUT2D eigenvalue weighted by molar-refractivity contribution is 4.62. The van der Waals surface area contributed by atoms with Crippen LogP contribution in [0.5, 0.6) is 0 Å². The van der Waals surface area contributed by atoms with E-state index in [1.807, 2.05) is 0 Å². The van der Waals surface area contributed by atoms with Gasteiger partial charge in [0, 0.05) is 0 Å². The molecule has 0 aromatic rings. The number of unbranched alkanes of at least 4 members (excludes halogenated alkanes) is 1. The van der Waals surface area contributed by atoms with Crippen LogP contribution in [0.4, 0.5) is 0 Å². The molecule has 3 N–H and O–H groups in total. The molecule has 0 aromatic carbocycles. The maximum Gasteiger partial charge on any atom is 0.0546 e. The van der Waals surface area contributed by atoms with E-state index in [0.717, 1.165) is 18.9 Å². The summed E-state index contributed by atoms with van der Waals surface area (Å²) >= 11 is 0. The van der Waals surface area contributed by atoms with Crippen molar-refractivity contribution in [2.45, 2.75) is 59.0 Å². The van der Waals surface area contributed by atoms with E-state index in [4.69, 9.17) is 5.73 Å². The Bertz CT molecular complexity index is 104. The Morgan fingerprint density at radius 2 is 1.85 bits per heavy atom. The summed E-state index contributed by atoms with van der Waals surface area (Å²) in [5, 5.41) is 3.38. The molecule has 0 aliphatic heterocycles. The van der Waals surface area contributed by atoms with Crippen molar-refractivity contribution in [1.29, 1.82) is 0 Å². The molecule has 2 unspecified atom stereocenters. The molecule has 0 radical (unpaired) electrons. The Labute approximate surface area is 83.3 Å². The van der Waals surface area contributed by atoms with Crippen molar-refractivity contribution >= 4 is 0 Å². The third-order valence-corrected chi connectivity index (χ3v) is 2.38.